The van der Waals surface area contributed by atoms with Gasteiger partial charge in [-0.2, -0.15) is 4.98 Å². The zero-order valence-corrected chi connectivity index (χ0v) is 11.7. The SMILES string of the molecule is CCOc1cc(C)nc(OCC(N)(CC)CC)n1. The first kappa shape index (κ1) is 14.7. The summed E-state index contributed by atoms with van der Waals surface area (Å²) in [6.07, 6.45) is 1.71. The molecule has 0 saturated carbocycles. The highest BCUT2D eigenvalue weighted by Crippen LogP contribution is 2.16. The summed E-state index contributed by atoms with van der Waals surface area (Å²) in [6, 6.07) is 2.11. The first-order chi connectivity index (χ1) is 8.53. The predicted molar refractivity (Wildman–Crippen MR) is 70.9 cm³/mol. The van der Waals surface area contributed by atoms with E-state index in [2.05, 4.69) is 23.8 Å². The number of aromatic nitrogens is 2. The molecule has 0 aliphatic carbocycles. The number of nitrogens with zero attached hydrogens (tertiary/aromatic N) is 2. The molecule has 0 saturated heterocycles. The van der Waals surface area contributed by atoms with Gasteiger partial charge < -0.3 is 15.2 Å². The molecule has 0 aromatic carbocycles. The minimum Gasteiger partial charge on any atom is -0.478 e. The Hall–Kier alpha value is -1.36. The van der Waals surface area contributed by atoms with Crippen molar-refractivity contribution in [3.8, 4) is 11.9 Å². The van der Waals surface area contributed by atoms with Gasteiger partial charge in [0.05, 0.1) is 6.61 Å². The van der Waals surface area contributed by atoms with Crippen molar-refractivity contribution >= 4 is 0 Å². The van der Waals surface area contributed by atoms with E-state index in [1.165, 1.54) is 0 Å². The van der Waals surface area contributed by atoms with E-state index >= 15 is 0 Å². The molecular weight excluding hydrogens is 230 g/mol. The Labute approximate surface area is 109 Å². The van der Waals surface area contributed by atoms with E-state index in [0.29, 0.717) is 25.1 Å². The summed E-state index contributed by atoms with van der Waals surface area (Å²) in [6.45, 7) is 8.88. The normalized spacial score (nSPS) is 11.4. The largest absolute Gasteiger partial charge is 0.478 e. The van der Waals surface area contributed by atoms with Crippen molar-refractivity contribution in [3.63, 3.8) is 0 Å². The first-order valence-electron chi connectivity index (χ1n) is 6.43. The molecule has 0 bridgehead atoms. The van der Waals surface area contributed by atoms with Crippen molar-refractivity contribution < 1.29 is 9.47 Å². The molecule has 0 amide bonds. The summed E-state index contributed by atoms with van der Waals surface area (Å²) < 4.78 is 10.9. The molecule has 0 unspecified atom stereocenters. The summed E-state index contributed by atoms with van der Waals surface area (Å²) >= 11 is 0. The standard InChI is InChI=1S/C13H23N3O2/c1-5-13(14,6-2)9-18-12-15-10(4)8-11(16-12)17-7-3/h8H,5-7,9,14H2,1-4H3. The van der Waals surface area contributed by atoms with E-state index < -0.39 is 0 Å². The van der Waals surface area contributed by atoms with Crippen molar-refractivity contribution in [1.82, 2.24) is 9.97 Å². The lowest BCUT2D eigenvalue weighted by molar-refractivity contribution is 0.190. The Kier molecular flexibility index (Phi) is 5.34. The monoisotopic (exact) mass is 253 g/mol. The fourth-order valence-corrected chi connectivity index (χ4v) is 1.46. The van der Waals surface area contributed by atoms with Gasteiger partial charge in [0.1, 0.15) is 6.61 Å². The number of hydrogen-bond donors (Lipinski definition) is 1. The van der Waals surface area contributed by atoms with Crippen molar-refractivity contribution in [3.05, 3.63) is 11.8 Å². The zero-order chi connectivity index (χ0) is 13.6. The van der Waals surface area contributed by atoms with E-state index in [4.69, 9.17) is 15.2 Å². The van der Waals surface area contributed by atoms with E-state index in [1.54, 1.807) is 6.07 Å². The maximum Gasteiger partial charge on any atom is 0.319 e. The van der Waals surface area contributed by atoms with Crippen molar-refractivity contribution in [2.45, 2.75) is 46.1 Å². The van der Waals surface area contributed by atoms with Crippen LogP contribution in [0.25, 0.3) is 0 Å². The Morgan fingerprint density at radius 2 is 1.83 bits per heavy atom. The zero-order valence-electron chi connectivity index (χ0n) is 11.7. The van der Waals surface area contributed by atoms with Crippen LogP contribution in [0, 0.1) is 6.92 Å². The highest BCUT2D eigenvalue weighted by Gasteiger charge is 2.21. The Bertz CT molecular complexity index is 378. The summed E-state index contributed by atoms with van der Waals surface area (Å²) in [4.78, 5) is 8.40. The van der Waals surface area contributed by atoms with Gasteiger partial charge in [-0.1, -0.05) is 13.8 Å². The molecule has 0 fully saturated rings. The van der Waals surface area contributed by atoms with Crippen molar-refractivity contribution in [2.75, 3.05) is 13.2 Å². The van der Waals surface area contributed by atoms with Gasteiger partial charge in [-0.3, -0.25) is 0 Å². The van der Waals surface area contributed by atoms with Crippen LogP contribution in [0.2, 0.25) is 0 Å². The van der Waals surface area contributed by atoms with Crippen LogP contribution in [0.4, 0.5) is 0 Å². The molecule has 0 spiro atoms. The van der Waals surface area contributed by atoms with Crippen molar-refractivity contribution in [1.29, 1.82) is 0 Å². The fourth-order valence-electron chi connectivity index (χ4n) is 1.46. The van der Waals surface area contributed by atoms with Crippen LogP contribution < -0.4 is 15.2 Å². The fraction of sp³-hybridized carbons (Fsp3) is 0.692. The van der Waals surface area contributed by atoms with Gasteiger partial charge in [0.25, 0.3) is 0 Å². The number of aryl methyl sites for hydroxylation is 1. The number of nitrogens with two attached hydrogens (primary N) is 1. The minimum absolute atomic E-state index is 0.321. The van der Waals surface area contributed by atoms with Gasteiger partial charge in [-0.05, 0) is 26.7 Å². The van der Waals surface area contributed by atoms with Crippen molar-refractivity contribution in [2.24, 2.45) is 5.73 Å². The van der Waals surface area contributed by atoms with E-state index in [-0.39, 0.29) is 5.54 Å². The Balaban J connectivity index is 2.72. The average molecular weight is 253 g/mol. The van der Waals surface area contributed by atoms with Gasteiger partial charge in [-0.15, -0.1) is 0 Å². The second kappa shape index (κ2) is 6.54. The van der Waals surface area contributed by atoms with Crippen LogP contribution in [0.5, 0.6) is 11.9 Å². The minimum atomic E-state index is -0.321. The molecule has 1 aromatic rings. The molecule has 5 heteroatoms. The molecule has 5 nitrogen and oxygen atoms in total. The maximum atomic E-state index is 6.17. The molecule has 0 radical (unpaired) electrons. The number of hydrogen-bond acceptors (Lipinski definition) is 5. The van der Waals surface area contributed by atoms with Crippen LogP contribution in [0.3, 0.4) is 0 Å². The van der Waals surface area contributed by atoms with Gasteiger partial charge in [0.15, 0.2) is 0 Å². The second-order valence-corrected chi connectivity index (χ2v) is 4.42. The molecule has 102 valence electrons. The molecule has 1 aromatic heterocycles. The Morgan fingerprint density at radius 1 is 1.17 bits per heavy atom. The lowest BCUT2D eigenvalue weighted by Gasteiger charge is -2.25. The van der Waals surface area contributed by atoms with Gasteiger partial charge in [0, 0.05) is 17.3 Å². The summed E-state index contributed by atoms with van der Waals surface area (Å²) in [5.41, 5.74) is 6.67. The Morgan fingerprint density at radius 3 is 2.39 bits per heavy atom. The summed E-state index contributed by atoms with van der Waals surface area (Å²) in [7, 11) is 0. The third-order valence-electron chi connectivity index (χ3n) is 3.00. The molecule has 1 rings (SSSR count). The molecule has 1 heterocycles. The smallest absolute Gasteiger partial charge is 0.319 e. The van der Waals surface area contributed by atoms with Crippen LogP contribution >= 0.6 is 0 Å². The number of rotatable bonds is 7. The lowest BCUT2D eigenvalue weighted by Crippen LogP contribution is -2.44. The van der Waals surface area contributed by atoms with Crippen LogP contribution in [-0.4, -0.2) is 28.7 Å². The molecule has 0 aliphatic rings. The van der Waals surface area contributed by atoms with Gasteiger partial charge in [0.2, 0.25) is 5.88 Å². The van der Waals surface area contributed by atoms with Gasteiger partial charge >= 0.3 is 6.01 Å². The van der Waals surface area contributed by atoms with E-state index in [1.807, 2.05) is 13.8 Å². The molecule has 2 N–H and O–H groups in total. The molecule has 0 atom stereocenters. The second-order valence-electron chi connectivity index (χ2n) is 4.42. The molecular formula is C13H23N3O2. The third kappa shape index (κ3) is 4.14. The molecule has 18 heavy (non-hydrogen) atoms. The van der Waals surface area contributed by atoms with E-state index in [0.717, 1.165) is 18.5 Å². The predicted octanol–water partition coefficient (Wildman–Crippen LogP) is 2.08. The van der Waals surface area contributed by atoms with E-state index in [9.17, 15) is 0 Å². The summed E-state index contributed by atoms with van der Waals surface area (Å²) in [5, 5.41) is 0. The van der Waals surface area contributed by atoms with Crippen LogP contribution in [-0.2, 0) is 0 Å². The first-order valence-corrected chi connectivity index (χ1v) is 6.43. The van der Waals surface area contributed by atoms with Gasteiger partial charge in [-0.25, -0.2) is 4.98 Å². The maximum absolute atomic E-state index is 6.17. The third-order valence-corrected chi connectivity index (χ3v) is 3.00. The number of ether oxygens (including phenoxy) is 2. The quantitative estimate of drug-likeness (QED) is 0.805. The summed E-state index contributed by atoms with van der Waals surface area (Å²) in [5.74, 6) is 0.538. The highest BCUT2D eigenvalue weighted by molar-refractivity contribution is 5.17. The topological polar surface area (TPSA) is 70.3 Å². The molecule has 0 aliphatic heterocycles. The highest BCUT2D eigenvalue weighted by atomic mass is 16.5. The van der Waals surface area contributed by atoms with Crippen LogP contribution in [0.15, 0.2) is 6.07 Å². The van der Waals surface area contributed by atoms with Crippen LogP contribution in [0.1, 0.15) is 39.3 Å². The average Bonchev–Trinajstić information content (AvgIpc) is 2.36. The lowest BCUT2D eigenvalue weighted by atomic mass is 9.96.